The molecule has 11 nitrogen and oxygen atoms in total. The molecule has 3 aromatic heterocycles. The highest BCUT2D eigenvalue weighted by Gasteiger charge is 2.29. The summed E-state index contributed by atoms with van der Waals surface area (Å²) in [4.78, 5) is 40.0. The number of anilines is 1. The van der Waals surface area contributed by atoms with Gasteiger partial charge in [0.1, 0.15) is 16.3 Å². The van der Waals surface area contributed by atoms with Crippen LogP contribution in [0.15, 0.2) is 16.9 Å². The summed E-state index contributed by atoms with van der Waals surface area (Å²) in [6, 6.07) is 0.0143. The molecule has 0 aliphatic carbocycles. The highest BCUT2D eigenvalue weighted by molar-refractivity contribution is 9.10. The van der Waals surface area contributed by atoms with E-state index in [0.29, 0.717) is 57.8 Å². The van der Waals surface area contributed by atoms with Crippen LogP contribution in [0.1, 0.15) is 38.7 Å². The summed E-state index contributed by atoms with van der Waals surface area (Å²) in [6.45, 7) is 4.28. The number of hydrogen-bond donors (Lipinski definition) is 3. The number of nitrogens with one attached hydrogen (secondary N) is 2. The number of carbonyl (C=O) groups is 2. The third kappa shape index (κ3) is 6.52. The van der Waals surface area contributed by atoms with Crippen LogP contribution in [0.25, 0.3) is 11.5 Å². The summed E-state index contributed by atoms with van der Waals surface area (Å²) in [6.07, 6.45) is 4.99. The Kier molecular flexibility index (Phi) is 10.5. The number of halogens is 2. The normalized spacial score (nSPS) is 13.8. The minimum Gasteiger partial charge on any atom is -0.465 e. The van der Waals surface area contributed by atoms with Gasteiger partial charge in [-0.3, -0.25) is 4.79 Å². The van der Waals surface area contributed by atoms with E-state index < -0.39 is 5.97 Å². The van der Waals surface area contributed by atoms with E-state index in [1.54, 1.807) is 13.3 Å². The lowest BCUT2D eigenvalue weighted by atomic mass is 10.1. The molecule has 3 N–H and O–H groups in total. The van der Waals surface area contributed by atoms with Crippen molar-refractivity contribution in [3.8, 4) is 11.5 Å². The predicted octanol–water partition coefficient (Wildman–Crippen LogP) is 3.50. The van der Waals surface area contributed by atoms with Crippen molar-refractivity contribution in [3.63, 3.8) is 0 Å². The van der Waals surface area contributed by atoms with Gasteiger partial charge in [-0.15, -0.1) is 0 Å². The van der Waals surface area contributed by atoms with Gasteiger partial charge >= 0.3 is 5.97 Å². The van der Waals surface area contributed by atoms with Crippen LogP contribution in [0.3, 0.4) is 0 Å². The smallest absolute Gasteiger partial charge is 0.350 e. The lowest BCUT2D eigenvalue weighted by Crippen LogP contribution is -2.44. The van der Waals surface area contributed by atoms with Gasteiger partial charge in [0.25, 0.3) is 5.91 Å². The lowest BCUT2D eigenvalue weighted by Gasteiger charge is -2.32. The fourth-order valence-electron chi connectivity index (χ4n) is 3.92. The molecule has 202 valence electrons. The number of ether oxygens (including phenoxy) is 2. The minimum atomic E-state index is -0.447. The molecule has 1 aliphatic heterocycles. The maximum atomic E-state index is 12.7. The zero-order chi connectivity index (χ0) is 27.1. The molecule has 0 bridgehead atoms. The van der Waals surface area contributed by atoms with Crippen molar-refractivity contribution in [1.29, 1.82) is 0 Å². The van der Waals surface area contributed by atoms with E-state index in [9.17, 15) is 9.59 Å². The molecule has 0 saturated carbocycles. The minimum absolute atomic E-state index is 0.0143. The first kappa shape index (κ1) is 29.1. The standard InChI is InChI=1S/C22H26BrClN6O4S.CH4O/c1-12-15(24)14(23)16(26-12)20(31)27-13-4-7-30(8-5-13)22-28-17(18(35-22)21(32)34-3)19-25-6-9-29(19)10-11-33-2;1-2/h6,9,13,26H,4-5,7-8,10-11H2,1-3H3,(H,27,31);2H,1H3. The largest absolute Gasteiger partial charge is 0.465 e. The van der Waals surface area contributed by atoms with Gasteiger partial charge in [-0.25, -0.2) is 14.8 Å². The van der Waals surface area contributed by atoms with Gasteiger partial charge in [0.2, 0.25) is 0 Å². The summed E-state index contributed by atoms with van der Waals surface area (Å²) < 4.78 is 12.7. The van der Waals surface area contributed by atoms with Gasteiger partial charge in [0, 0.05) is 58.0 Å². The van der Waals surface area contributed by atoms with E-state index in [1.807, 2.05) is 17.7 Å². The van der Waals surface area contributed by atoms with Gasteiger partial charge in [0.05, 0.1) is 23.2 Å². The third-order valence-electron chi connectivity index (χ3n) is 5.83. The van der Waals surface area contributed by atoms with Gasteiger partial charge < -0.3 is 34.3 Å². The van der Waals surface area contributed by atoms with Crippen molar-refractivity contribution in [2.45, 2.75) is 32.4 Å². The molecule has 4 heterocycles. The van der Waals surface area contributed by atoms with Crippen molar-refractivity contribution in [1.82, 2.24) is 24.8 Å². The first-order chi connectivity index (χ1) is 17.8. The number of rotatable bonds is 8. The molecule has 0 spiro atoms. The van der Waals surface area contributed by atoms with Crippen LogP contribution in [0.2, 0.25) is 5.02 Å². The van der Waals surface area contributed by atoms with E-state index in [4.69, 9.17) is 31.2 Å². The first-order valence-corrected chi connectivity index (χ1v) is 13.5. The summed E-state index contributed by atoms with van der Waals surface area (Å²) in [7, 11) is 3.99. The Morgan fingerprint density at radius 3 is 2.62 bits per heavy atom. The van der Waals surface area contributed by atoms with Crippen LogP contribution in [0.5, 0.6) is 0 Å². The average Bonchev–Trinajstić information content (AvgIpc) is 3.63. The number of aryl methyl sites for hydroxylation is 1. The Morgan fingerprint density at radius 1 is 1.32 bits per heavy atom. The highest BCUT2D eigenvalue weighted by Crippen LogP contribution is 2.34. The Morgan fingerprint density at radius 2 is 2.03 bits per heavy atom. The summed E-state index contributed by atoms with van der Waals surface area (Å²) >= 11 is 10.8. The van der Waals surface area contributed by atoms with Crippen molar-refractivity contribution < 1.29 is 24.2 Å². The van der Waals surface area contributed by atoms with Crippen LogP contribution in [-0.2, 0) is 16.0 Å². The molecule has 0 radical (unpaired) electrons. The average molecular weight is 618 g/mol. The summed E-state index contributed by atoms with van der Waals surface area (Å²) in [5.74, 6) is -0.0482. The van der Waals surface area contributed by atoms with Gasteiger partial charge in [-0.2, -0.15) is 0 Å². The molecule has 3 aromatic rings. The Hall–Kier alpha value is -2.45. The molecule has 1 saturated heterocycles. The topological polar surface area (TPSA) is 135 Å². The lowest BCUT2D eigenvalue weighted by molar-refractivity contribution is 0.0606. The van der Waals surface area contributed by atoms with Crippen LogP contribution in [-0.4, -0.2) is 83.6 Å². The van der Waals surface area contributed by atoms with Gasteiger partial charge in [0.15, 0.2) is 11.0 Å². The van der Waals surface area contributed by atoms with Crippen molar-refractivity contribution >= 4 is 55.9 Å². The van der Waals surface area contributed by atoms with Gasteiger partial charge in [-0.05, 0) is 35.7 Å². The number of carbonyl (C=O) groups excluding carboxylic acids is 2. The second kappa shape index (κ2) is 13.4. The number of methoxy groups -OCH3 is 2. The molecule has 0 atom stereocenters. The number of imidazole rings is 1. The number of amides is 1. The number of H-pyrrole nitrogens is 1. The number of nitrogens with zero attached hydrogens (tertiary/aromatic N) is 4. The van der Waals surface area contributed by atoms with E-state index in [0.717, 1.165) is 30.8 Å². The molecule has 1 aliphatic rings. The highest BCUT2D eigenvalue weighted by atomic mass is 79.9. The van der Waals surface area contributed by atoms with E-state index in [1.165, 1.54) is 18.4 Å². The Balaban J connectivity index is 0.00000186. The second-order valence-electron chi connectivity index (χ2n) is 8.09. The molecule has 0 unspecified atom stereocenters. The maximum absolute atomic E-state index is 12.7. The molecule has 4 rings (SSSR count). The first-order valence-electron chi connectivity index (χ1n) is 11.5. The number of aliphatic hydroxyl groups excluding tert-OH is 1. The molecule has 0 aromatic carbocycles. The summed E-state index contributed by atoms with van der Waals surface area (Å²) in [5.41, 5.74) is 1.66. The van der Waals surface area contributed by atoms with Crippen molar-refractivity contribution in [2.24, 2.45) is 0 Å². The molecule has 1 fully saturated rings. The van der Waals surface area contributed by atoms with E-state index in [2.05, 4.69) is 36.1 Å². The fourth-order valence-corrected chi connectivity index (χ4v) is 5.67. The second-order valence-corrected chi connectivity index (χ2v) is 10.2. The number of hydrogen-bond acceptors (Lipinski definition) is 9. The quantitative estimate of drug-likeness (QED) is 0.327. The number of aliphatic hydroxyl groups is 1. The van der Waals surface area contributed by atoms with Crippen LogP contribution in [0, 0.1) is 6.92 Å². The zero-order valence-corrected chi connectivity index (χ0v) is 24.2. The molecule has 37 heavy (non-hydrogen) atoms. The number of piperidine rings is 1. The Labute approximate surface area is 232 Å². The van der Waals surface area contributed by atoms with Crippen LogP contribution < -0.4 is 10.2 Å². The SMILES string of the molecule is CO.COCCn1ccnc1-c1nc(N2CCC(NC(=O)c3[nH]c(C)c(Cl)c3Br)CC2)sc1C(=O)OC. The number of aromatic amines is 1. The number of esters is 1. The third-order valence-corrected chi connectivity index (χ3v) is 8.42. The maximum Gasteiger partial charge on any atom is 0.350 e. The molecular weight excluding hydrogens is 588 g/mol. The molecule has 1 amide bonds. The van der Waals surface area contributed by atoms with Gasteiger partial charge in [-0.1, -0.05) is 22.9 Å². The molecular formula is C23H30BrClN6O5S. The van der Waals surface area contributed by atoms with Crippen LogP contribution >= 0.6 is 38.9 Å². The van der Waals surface area contributed by atoms with E-state index >= 15 is 0 Å². The monoisotopic (exact) mass is 616 g/mol. The van der Waals surface area contributed by atoms with E-state index in [-0.39, 0.29) is 11.9 Å². The number of aromatic nitrogens is 4. The van der Waals surface area contributed by atoms with Crippen LogP contribution in [0.4, 0.5) is 5.13 Å². The summed E-state index contributed by atoms with van der Waals surface area (Å²) in [5, 5.41) is 11.3. The zero-order valence-electron chi connectivity index (χ0n) is 21.0. The Bertz CT molecular complexity index is 1220. The molecule has 14 heteroatoms. The predicted molar refractivity (Wildman–Crippen MR) is 146 cm³/mol. The number of thiazole rings is 1. The fraction of sp³-hybridized carbons (Fsp3) is 0.478. The van der Waals surface area contributed by atoms with Crippen molar-refractivity contribution in [3.05, 3.63) is 38.2 Å². The van der Waals surface area contributed by atoms with Crippen molar-refractivity contribution in [2.75, 3.05) is 45.9 Å².